The van der Waals surface area contributed by atoms with E-state index in [1.54, 1.807) is 7.11 Å². The zero-order valence-corrected chi connectivity index (χ0v) is 23.9. The number of methoxy groups -OCH3 is 1. The summed E-state index contributed by atoms with van der Waals surface area (Å²) in [6.45, 7) is 7.25. The Hall–Kier alpha value is -4.37. The van der Waals surface area contributed by atoms with Gasteiger partial charge in [0.05, 0.1) is 29.9 Å². The SMILES string of the molecule is C=CC(=O)Nc1cc(Nc2ncc(C)c(-c3cn(C4CC4)c4ccccc34)n2)c(OC)cc1N(C)CCN(C)C. The molecule has 0 radical (unpaired) electrons. The van der Waals surface area contributed by atoms with Crippen LogP contribution < -0.4 is 20.3 Å². The number of carbonyl (C=O) groups is 1. The van der Waals surface area contributed by atoms with Gasteiger partial charge in [-0.25, -0.2) is 9.97 Å². The van der Waals surface area contributed by atoms with E-state index in [0.29, 0.717) is 29.1 Å². The number of ether oxygens (including phenoxy) is 1. The van der Waals surface area contributed by atoms with Crippen molar-refractivity contribution < 1.29 is 9.53 Å². The van der Waals surface area contributed by atoms with Crippen LogP contribution in [0.2, 0.25) is 0 Å². The summed E-state index contributed by atoms with van der Waals surface area (Å²) in [7, 11) is 7.67. The maximum atomic E-state index is 12.3. The van der Waals surface area contributed by atoms with Gasteiger partial charge in [-0.3, -0.25) is 4.79 Å². The van der Waals surface area contributed by atoms with E-state index in [0.717, 1.165) is 35.6 Å². The van der Waals surface area contributed by atoms with Gasteiger partial charge in [-0.2, -0.15) is 0 Å². The number of fused-ring (bicyclic) bond motifs is 1. The molecule has 0 saturated heterocycles. The predicted molar refractivity (Wildman–Crippen MR) is 163 cm³/mol. The normalized spacial score (nSPS) is 12.9. The molecule has 0 spiro atoms. The summed E-state index contributed by atoms with van der Waals surface area (Å²) in [6.07, 6.45) is 7.74. The summed E-state index contributed by atoms with van der Waals surface area (Å²) in [5.74, 6) is 0.760. The molecule has 1 fully saturated rings. The fourth-order valence-corrected chi connectivity index (χ4v) is 4.85. The van der Waals surface area contributed by atoms with E-state index in [1.165, 1.54) is 29.8 Å². The highest BCUT2D eigenvalue weighted by molar-refractivity contribution is 6.02. The van der Waals surface area contributed by atoms with Gasteiger partial charge in [0.25, 0.3) is 0 Å². The van der Waals surface area contributed by atoms with Crippen LogP contribution >= 0.6 is 0 Å². The van der Waals surface area contributed by atoms with Gasteiger partial charge in [0.1, 0.15) is 5.75 Å². The summed E-state index contributed by atoms with van der Waals surface area (Å²) in [6, 6.07) is 12.8. The van der Waals surface area contributed by atoms with E-state index in [1.807, 2.05) is 46.4 Å². The Morgan fingerprint density at radius 2 is 1.95 bits per heavy atom. The second-order valence-corrected chi connectivity index (χ2v) is 10.5. The number of nitrogens with zero attached hydrogens (tertiary/aromatic N) is 5. The van der Waals surface area contributed by atoms with Crippen molar-refractivity contribution in [3.05, 3.63) is 67.0 Å². The smallest absolute Gasteiger partial charge is 0.247 e. The molecule has 0 unspecified atom stereocenters. The minimum Gasteiger partial charge on any atom is -0.494 e. The fourth-order valence-electron chi connectivity index (χ4n) is 4.85. The summed E-state index contributed by atoms with van der Waals surface area (Å²) in [5.41, 5.74) is 6.30. The number of rotatable bonds is 11. The van der Waals surface area contributed by atoms with Crippen LogP contribution in [0.4, 0.5) is 23.0 Å². The van der Waals surface area contributed by atoms with E-state index in [9.17, 15) is 4.79 Å². The molecule has 208 valence electrons. The Bertz CT molecular complexity index is 1560. The minimum absolute atomic E-state index is 0.292. The molecular weight excluding hydrogens is 502 g/mol. The average molecular weight is 540 g/mol. The van der Waals surface area contributed by atoms with E-state index in [-0.39, 0.29) is 5.91 Å². The van der Waals surface area contributed by atoms with Gasteiger partial charge in [-0.05, 0) is 57.6 Å². The number of amides is 1. The van der Waals surface area contributed by atoms with Gasteiger partial charge in [0.15, 0.2) is 0 Å². The van der Waals surface area contributed by atoms with Gasteiger partial charge in [0, 0.05) is 61.1 Å². The Labute approximate surface area is 235 Å². The lowest BCUT2D eigenvalue weighted by molar-refractivity contribution is -0.111. The van der Waals surface area contributed by atoms with E-state index in [2.05, 4.69) is 67.0 Å². The third kappa shape index (κ3) is 5.65. The van der Waals surface area contributed by atoms with Crippen molar-refractivity contribution in [1.82, 2.24) is 19.4 Å². The number of likely N-dealkylation sites (N-methyl/N-ethyl adjacent to an activating group) is 2. The van der Waals surface area contributed by atoms with Crippen molar-refractivity contribution >= 4 is 39.8 Å². The van der Waals surface area contributed by atoms with Gasteiger partial charge in [-0.15, -0.1) is 0 Å². The highest BCUT2D eigenvalue weighted by Gasteiger charge is 2.26. The largest absolute Gasteiger partial charge is 0.494 e. The second-order valence-electron chi connectivity index (χ2n) is 10.5. The van der Waals surface area contributed by atoms with Gasteiger partial charge >= 0.3 is 0 Å². The predicted octanol–water partition coefficient (Wildman–Crippen LogP) is 5.62. The van der Waals surface area contributed by atoms with Crippen molar-refractivity contribution in [3.63, 3.8) is 0 Å². The maximum Gasteiger partial charge on any atom is 0.247 e. The topological polar surface area (TPSA) is 87.5 Å². The van der Waals surface area contributed by atoms with E-state index >= 15 is 0 Å². The summed E-state index contributed by atoms with van der Waals surface area (Å²) in [4.78, 5) is 26.0. The molecule has 0 atom stereocenters. The molecule has 5 rings (SSSR count). The van der Waals surface area contributed by atoms with Crippen LogP contribution in [-0.4, -0.2) is 66.7 Å². The third-order valence-corrected chi connectivity index (χ3v) is 7.21. The molecule has 1 amide bonds. The lowest BCUT2D eigenvalue weighted by atomic mass is 10.1. The molecule has 1 saturated carbocycles. The quantitative estimate of drug-likeness (QED) is 0.239. The fraction of sp³-hybridized carbons (Fsp3) is 0.323. The molecule has 0 aliphatic heterocycles. The second kappa shape index (κ2) is 11.4. The maximum absolute atomic E-state index is 12.3. The molecule has 40 heavy (non-hydrogen) atoms. The number of para-hydroxylation sites is 1. The molecule has 2 aromatic heterocycles. The van der Waals surface area contributed by atoms with Crippen LogP contribution in [0, 0.1) is 6.92 Å². The van der Waals surface area contributed by atoms with Crippen molar-refractivity contribution in [2.75, 3.05) is 56.9 Å². The first-order valence-electron chi connectivity index (χ1n) is 13.5. The van der Waals surface area contributed by atoms with E-state index in [4.69, 9.17) is 9.72 Å². The van der Waals surface area contributed by atoms with Crippen molar-refractivity contribution in [1.29, 1.82) is 0 Å². The first kappa shape index (κ1) is 27.2. The first-order valence-corrected chi connectivity index (χ1v) is 13.5. The van der Waals surface area contributed by atoms with Crippen LogP contribution in [0.1, 0.15) is 24.4 Å². The zero-order chi connectivity index (χ0) is 28.4. The van der Waals surface area contributed by atoms with Gasteiger partial charge in [0.2, 0.25) is 11.9 Å². The van der Waals surface area contributed by atoms with Crippen molar-refractivity contribution in [3.8, 4) is 17.0 Å². The highest BCUT2D eigenvalue weighted by atomic mass is 16.5. The lowest BCUT2D eigenvalue weighted by Crippen LogP contribution is -2.29. The monoisotopic (exact) mass is 539 g/mol. The molecule has 9 nitrogen and oxygen atoms in total. The lowest BCUT2D eigenvalue weighted by Gasteiger charge is -2.26. The van der Waals surface area contributed by atoms with Crippen LogP contribution in [0.25, 0.3) is 22.2 Å². The molecule has 2 N–H and O–H groups in total. The van der Waals surface area contributed by atoms with Crippen LogP contribution in [0.5, 0.6) is 5.75 Å². The number of hydrogen-bond donors (Lipinski definition) is 2. The number of aromatic nitrogens is 3. The molecule has 2 aromatic carbocycles. The Morgan fingerprint density at radius 3 is 2.65 bits per heavy atom. The number of aryl methyl sites for hydroxylation is 1. The van der Waals surface area contributed by atoms with Crippen molar-refractivity contribution in [2.45, 2.75) is 25.8 Å². The molecule has 9 heteroatoms. The Balaban J connectivity index is 1.53. The third-order valence-electron chi connectivity index (χ3n) is 7.21. The standard InChI is InChI=1S/C31H37N7O2/c1-7-29(39)33-24-16-25(28(40-6)17-27(24)37(5)15-14-36(3)4)34-31-32-18-20(2)30(35-31)23-19-38(21-12-13-21)26-11-9-8-10-22(23)26/h7-11,16-19,21H,1,12-15H2,2-6H3,(H,33,39)(H,32,34,35). The zero-order valence-electron chi connectivity index (χ0n) is 23.9. The van der Waals surface area contributed by atoms with Crippen LogP contribution in [0.15, 0.2) is 61.4 Å². The number of benzene rings is 2. The summed E-state index contributed by atoms with van der Waals surface area (Å²) < 4.78 is 8.14. The van der Waals surface area contributed by atoms with Crippen LogP contribution in [-0.2, 0) is 4.79 Å². The number of carbonyl (C=O) groups excluding carboxylic acids is 1. The van der Waals surface area contributed by atoms with Crippen LogP contribution in [0.3, 0.4) is 0 Å². The molecule has 4 aromatic rings. The molecule has 0 bridgehead atoms. The molecule has 1 aliphatic rings. The Kier molecular flexibility index (Phi) is 7.75. The number of nitrogens with one attached hydrogen (secondary N) is 2. The number of hydrogen-bond acceptors (Lipinski definition) is 7. The van der Waals surface area contributed by atoms with Gasteiger partial charge < -0.3 is 29.7 Å². The first-order chi connectivity index (χ1) is 19.3. The molecule has 2 heterocycles. The summed E-state index contributed by atoms with van der Waals surface area (Å²) >= 11 is 0. The molecule has 1 aliphatic carbocycles. The Morgan fingerprint density at radius 1 is 1.18 bits per heavy atom. The van der Waals surface area contributed by atoms with Gasteiger partial charge in [-0.1, -0.05) is 24.8 Å². The molecular formula is C31H37N7O2. The minimum atomic E-state index is -0.292. The average Bonchev–Trinajstić information content (AvgIpc) is 3.73. The summed E-state index contributed by atoms with van der Waals surface area (Å²) in [5, 5.41) is 7.46. The number of anilines is 4. The highest BCUT2D eigenvalue weighted by Crippen LogP contribution is 2.42. The van der Waals surface area contributed by atoms with E-state index < -0.39 is 0 Å². The van der Waals surface area contributed by atoms with Crippen molar-refractivity contribution in [2.24, 2.45) is 0 Å².